The Balaban J connectivity index is 1.66. The molecule has 1 atom stereocenters. The average Bonchev–Trinajstić information content (AvgIpc) is 3.27. The van der Waals surface area contributed by atoms with Gasteiger partial charge in [-0.25, -0.2) is 0 Å². The summed E-state index contributed by atoms with van der Waals surface area (Å²) < 4.78 is 7.65. The molecule has 146 valence electrons. The summed E-state index contributed by atoms with van der Waals surface area (Å²) in [5.41, 5.74) is 0. The monoisotopic (exact) mass is 416 g/mol. The molecule has 28 heavy (non-hydrogen) atoms. The lowest BCUT2D eigenvalue weighted by molar-refractivity contribution is -0.115. The topological polar surface area (TPSA) is 94.8 Å². The van der Waals surface area contributed by atoms with Crippen LogP contribution in [-0.4, -0.2) is 36.1 Å². The number of hydrogen-bond donors (Lipinski definition) is 1. The van der Waals surface area contributed by atoms with Crippen LogP contribution in [0.1, 0.15) is 17.8 Å². The molecule has 1 unspecified atom stereocenters. The maximum Gasteiger partial charge on any atom is 0.239 e. The molecule has 3 rings (SSSR count). The fourth-order valence-corrected chi connectivity index (χ4v) is 3.73. The third kappa shape index (κ3) is 5.17. The van der Waals surface area contributed by atoms with E-state index in [1.54, 1.807) is 13.0 Å². The highest BCUT2D eigenvalue weighted by Crippen LogP contribution is 2.25. The van der Waals surface area contributed by atoms with Crippen LogP contribution in [0.4, 0.5) is 5.13 Å². The van der Waals surface area contributed by atoms with Gasteiger partial charge in [-0.05, 0) is 26.0 Å². The molecule has 0 aliphatic rings. The van der Waals surface area contributed by atoms with Crippen molar-refractivity contribution in [1.82, 2.24) is 25.0 Å². The smallest absolute Gasteiger partial charge is 0.239 e. The molecule has 1 amide bonds. The van der Waals surface area contributed by atoms with Crippen LogP contribution < -0.4 is 10.1 Å². The quantitative estimate of drug-likeness (QED) is 0.422. The number of benzene rings is 1. The number of carbonyl (C=O) groups is 1. The van der Waals surface area contributed by atoms with Gasteiger partial charge in [-0.1, -0.05) is 47.4 Å². The number of allylic oxidation sites excluding steroid dienone is 1. The molecule has 3 aromatic rings. The van der Waals surface area contributed by atoms with Gasteiger partial charge in [-0.2, -0.15) is 0 Å². The van der Waals surface area contributed by atoms with Crippen molar-refractivity contribution in [3.63, 3.8) is 0 Å². The molecule has 1 N–H and O–H groups in total. The molecule has 0 bridgehead atoms. The summed E-state index contributed by atoms with van der Waals surface area (Å²) in [7, 11) is 0. The van der Waals surface area contributed by atoms with Gasteiger partial charge in [-0.3, -0.25) is 14.7 Å². The van der Waals surface area contributed by atoms with Crippen molar-refractivity contribution in [2.75, 3.05) is 5.32 Å². The Bertz CT molecular complexity index is 941. The van der Waals surface area contributed by atoms with E-state index in [9.17, 15) is 4.79 Å². The van der Waals surface area contributed by atoms with Gasteiger partial charge < -0.3 is 4.74 Å². The Morgan fingerprint density at radius 1 is 1.32 bits per heavy atom. The molecule has 0 saturated carbocycles. The number of aromatic nitrogens is 5. The minimum absolute atomic E-state index is 0.170. The molecular weight excluding hydrogens is 396 g/mol. The van der Waals surface area contributed by atoms with E-state index in [1.165, 1.54) is 23.1 Å². The highest BCUT2D eigenvalue weighted by atomic mass is 32.2. The molecule has 1 aromatic carbocycles. The maximum absolute atomic E-state index is 12.4. The summed E-state index contributed by atoms with van der Waals surface area (Å²) in [5, 5.41) is 20.5. The fourth-order valence-electron chi connectivity index (χ4n) is 2.26. The molecule has 0 saturated heterocycles. The Kier molecular flexibility index (Phi) is 6.77. The predicted octanol–water partition coefficient (Wildman–Crippen LogP) is 3.32. The third-order valence-corrected chi connectivity index (χ3v) is 5.46. The molecule has 0 aliphatic carbocycles. The van der Waals surface area contributed by atoms with Crippen molar-refractivity contribution < 1.29 is 9.53 Å². The number of nitrogens with zero attached hydrogens (tertiary/aromatic N) is 5. The number of thioether (sulfide) groups is 1. The fraction of sp³-hybridized carbons (Fsp3) is 0.278. The second kappa shape index (κ2) is 9.47. The van der Waals surface area contributed by atoms with E-state index < -0.39 is 0 Å². The minimum atomic E-state index is -0.389. The predicted molar refractivity (Wildman–Crippen MR) is 110 cm³/mol. The van der Waals surface area contributed by atoms with E-state index in [0.29, 0.717) is 22.7 Å². The van der Waals surface area contributed by atoms with E-state index in [1.807, 2.05) is 41.8 Å². The van der Waals surface area contributed by atoms with E-state index in [-0.39, 0.29) is 17.8 Å². The molecule has 0 radical (unpaired) electrons. The third-order valence-electron chi connectivity index (χ3n) is 3.62. The zero-order chi connectivity index (χ0) is 19.9. The lowest BCUT2D eigenvalue weighted by atomic mass is 10.3. The number of amides is 1. The Morgan fingerprint density at radius 3 is 2.79 bits per heavy atom. The average molecular weight is 417 g/mol. The van der Waals surface area contributed by atoms with Gasteiger partial charge in [0.2, 0.25) is 11.0 Å². The van der Waals surface area contributed by atoms with Crippen LogP contribution in [0.5, 0.6) is 5.75 Å². The lowest BCUT2D eigenvalue weighted by Gasteiger charge is -2.12. The molecule has 0 spiro atoms. The van der Waals surface area contributed by atoms with E-state index in [0.717, 1.165) is 10.8 Å². The number of ether oxygens (including phenoxy) is 1. The number of hydrogen-bond acceptors (Lipinski definition) is 8. The van der Waals surface area contributed by atoms with E-state index >= 15 is 0 Å². The van der Waals surface area contributed by atoms with Gasteiger partial charge in [-0.15, -0.1) is 27.0 Å². The van der Waals surface area contributed by atoms with Crippen molar-refractivity contribution in [2.45, 2.75) is 37.4 Å². The first-order valence-corrected chi connectivity index (χ1v) is 10.2. The number of para-hydroxylation sites is 1. The van der Waals surface area contributed by atoms with Crippen molar-refractivity contribution in [3.05, 3.63) is 53.8 Å². The van der Waals surface area contributed by atoms with Crippen LogP contribution in [0.15, 0.2) is 48.1 Å². The molecule has 2 aromatic heterocycles. The van der Waals surface area contributed by atoms with Crippen molar-refractivity contribution in [3.8, 4) is 5.75 Å². The summed E-state index contributed by atoms with van der Waals surface area (Å²) in [4.78, 5) is 12.4. The van der Waals surface area contributed by atoms with Crippen molar-refractivity contribution >= 4 is 34.1 Å². The molecular formula is C18H20N6O2S2. The molecule has 0 fully saturated rings. The molecule has 10 heteroatoms. The van der Waals surface area contributed by atoms with Crippen LogP contribution in [0.3, 0.4) is 0 Å². The Hall–Kier alpha value is -2.72. The SMILES string of the molecule is C=CCn1c(COc2ccccc2)nnc1SC(C)C(=O)Nc1nnc(C)s1. The highest BCUT2D eigenvalue weighted by Gasteiger charge is 2.21. The Morgan fingerprint density at radius 2 is 2.11 bits per heavy atom. The molecule has 0 aliphatic heterocycles. The van der Waals surface area contributed by atoms with Gasteiger partial charge in [0.25, 0.3) is 0 Å². The molecule has 2 heterocycles. The number of anilines is 1. The highest BCUT2D eigenvalue weighted by molar-refractivity contribution is 8.00. The summed E-state index contributed by atoms with van der Waals surface area (Å²) >= 11 is 2.65. The van der Waals surface area contributed by atoms with Gasteiger partial charge in [0.05, 0.1) is 5.25 Å². The number of carbonyl (C=O) groups excluding carboxylic acids is 1. The van der Waals surface area contributed by atoms with Crippen molar-refractivity contribution in [1.29, 1.82) is 0 Å². The number of rotatable bonds is 9. The van der Waals surface area contributed by atoms with Crippen molar-refractivity contribution in [2.24, 2.45) is 0 Å². The Labute approximate surface area is 171 Å². The maximum atomic E-state index is 12.4. The van der Waals surface area contributed by atoms with Gasteiger partial charge in [0.1, 0.15) is 17.4 Å². The van der Waals surface area contributed by atoms with Crippen LogP contribution in [-0.2, 0) is 17.9 Å². The second-order valence-corrected chi connectivity index (χ2v) is 8.26. The van der Waals surface area contributed by atoms with Crippen LogP contribution in [0, 0.1) is 6.92 Å². The number of nitrogens with one attached hydrogen (secondary N) is 1. The van der Waals surface area contributed by atoms with Crippen LogP contribution in [0.2, 0.25) is 0 Å². The lowest BCUT2D eigenvalue weighted by Crippen LogP contribution is -2.23. The first kappa shape index (κ1) is 20.0. The number of aryl methyl sites for hydroxylation is 1. The van der Waals surface area contributed by atoms with E-state index in [2.05, 4.69) is 32.3 Å². The summed E-state index contributed by atoms with van der Waals surface area (Å²) in [6.45, 7) is 8.23. The summed E-state index contributed by atoms with van der Waals surface area (Å²) in [5.74, 6) is 1.25. The first-order valence-electron chi connectivity index (χ1n) is 8.55. The normalized spacial score (nSPS) is 11.8. The van der Waals surface area contributed by atoms with Gasteiger partial charge in [0.15, 0.2) is 11.0 Å². The van der Waals surface area contributed by atoms with Crippen LogP contribution >= 0.6 is 23.1 Å². The zero-order valence-corrected chi connectivity index (χ0v) is 17.2. The standard InChI is InChI=1S/C18H20N6O2S2/c1-4-10-24-15(11-26-14-8-6-5-7-9-14)21-23-18(24)27-12(2)16(25)19-17-22-20-13(3)28-17/h4-9,12H,1,10-11H2,2-3H3,(H,19,22,25). The summed E-state index contributed by atoms with van der Waals surface area (Å²) in [6, 6.07) is 9.50. The molecule has 8 nitrogen and oxygen atoms in total. The van der Waals surface area contributed by atoms with Crippen LogP contribution in [0.25, 0.3) is 0 Å². The summed E-state index contributed by atoms with van der Waals surface area (Å²) in [6.07, 6.45) is 1.76. The van der Waals surface area contributed by atoms with E-state index in [4.69, 9.17) is 4.74 Å². The second-order valence-electron chi connectivity index (χ2n) is 5.78. The zero-order valence-electron chi connectivity index (χ0n) is 15.5. The largest absolute Gasteiger partial charge is 0.486 e. The minimum Gasteiger partial charge on any atom is -0.486 e. The first-order chi connectivity index (χ1) is 13.6. The van der Waals surface area contributed by atoms with Gasteiger partial charge in [0, 0.05) is 6.54 Å². The van der Waals surface area contributed by atoms with Gasteiger partial charge >= 0.3 is 0 Å².